The van der Waals surface area contributed by atoms with Gasteiger partial charge in [0.2, 0.25) is 11.8 Å². The van der Waals surface area contributed by atoms with Crippen LogP contribution >= 0.6 is 0 Å². The average Bonchev–Trinajstić information content (AvgIpc) is 2.83. The zero-order valence-corrected chi connectivity index (χ0v) is 16.6. The molecule has 0 aliphatic carbocycles. The molecule has 0 aromatic heterocycles. The van der Waals surface area contributed by atoms with Crippen molar-refractivity contribution >= 4 is 17.8 Å². The number of alkyl halides is 3. The molecule has 1 unspecified atom stereocenters. The normalized spacial score (nSPS) is 23.0. The van der Waals surface area contributed by atoms with E-state index in [2.05, 4.69) is 5.32 Å². The number of ether oxygens (including phenoxy) is 2. The van der Waals surface area contributed by atoms with Gasteiger partial charge in [-0.05, 0) is 6.42 Å². The summed E-state index contributed by atoms with van der Waals surface area (Å²) in [5.41, 5.74) is -0.522. The zero-order valence-electron chi connectivity index (χ0n) is 16.6. The Kier molecular flexibility index (Phi) is 9.80. The Morgan fingerprint density at radius 3 is 2.38 bits per heavy atom. The molecule has 2 N–H and O–H groups in total. The van der Waals surface area contributed by atoms with Crippen LogP contribution in [0.4, 0.5) is 13.2 Å². The Labute approximate surface area is 167 Å². The summed E-state index contributed by atoms with van der Waals surface area (Å²) < 4.78 is 43.4. The van der Waals surface area contributed by atoms with Crippen LogP contribution in [-0.4, -0.2) is 104 Å². The van der Waals surface area contributed by atoms with Crippen molar-refractivity contribution in [3.05, 3.63) is 0 Å². The van der Waals surface area contributed by atoms with E-state index in [9.17, 15) is 22.8 Å². The number of carbonyl (C=O) groups is 3. The standard InChI is InChI=1S/C15H27N3O4.C2HF3O2/c1-3-4-14(20)18-6-8-22-15(11-18)10-17(5-7-21-12-15)9-13(19)16-2;3-2(4,5)1(6)7/h3-12H2,1-2H3,(H,16,19);(H,6,7). The van der Waals surface area contributed by atoms with Gasteiger partial charge in [-0.15, -0.1) is 0 Å². The van der Waals surface area contributed by atoms with E-state index in [1.165, 1.54) is 0 Å². The number of amides is 2. The number of nitrogens with one attached hydrogen (secondary N) is 1. The molecule has 0 aromatic rings. The molecule has 2 heterocycles. The number of rotatable bonds is 4. The van der Waals surface area contributed by atoms with Gasteiger partial charge in [0.05, 0.1) is 32.9 Å². The number of hydrogen-bond acceptors (Lipinski definition) is 6. The topological polar surface area (TPSA) is 108 Å². The van der Waals surface area contributed by atoms with Crippen molar-refractivity contribution < 1.29 is 42.1 Å². The van der Waals surface area contributed by atoms with E-state index in [4.69, 9.17) is 19.4 Å². The second kappa shape index (κ2) is 11.3. The number of aliphatic carboxylic acids is 1. The molecule has 2 amide bonds. The van der Waals surface area contributed by atoms with Gasteiger partial charge in [0.25, 0.3) is 0 Å². The Bertz CT molecular complexity index is 575. The van der Waals surface area contributed by atoms with Crippen molar-refractivity contribution in [2.75, 3.05) is 59.6 Å². The smallest absolute Gasteiger partial charge is 0.475 e. The van der Waals surface area contributed by atoms with Gasteiger partial charge < -0.3 is 24.8 Å². The summed E-state index contributed by atoms with van der Waals surface area (Å²) in [5.74, 6) is -2.61. The van der Waals surface area contributed by atoms with Gasteiger partial charge >= 0.3 is 12.1 Å². The van der Waals surface area contributed by atoms with Crippen LogP contribution in [0.25, 0.3) is 0 Å². The molecule has 168 valence electrons. The predicted molar refractivity (Wildman–Crippen MR) is 95.2 cm³/mol. The highest BCUT2D eigenvalue weighted by molar-refractivity contribution is 5.77. The van der Waals surface area contributed by atoms with Crippen LogP contribution in [0, 0.1) is 0 Å². The minimum absolute atomic E-state index is 0.0215. The third-order valence-electron chi connectivity index (χ3n) is 4.38. The monoisotopic (exact) mass is 427 g/mol. The summed E-state index contributed by atoms with van der Waals surface area (Å²) in [7, 11) is 1.63. The molecule has 2 aliphatic rings. The van der Waals surface area contributed by atoms with Gasteiger partial charge in [-0.2, -0.15) is 13.2 Å². The van der Waals surface area contributed by atoms with Gasteiger partial charge in [0.15, 0.2) is 0 Å². The van der Waals surface area contributed by atoms with Crippen LogP contribution in [0.2, 0.25) is 0 Å². The Morgan fingerprint density at radius 1 is 1.17 bits per heavy atom. The van der Waals surface area contributed by atoms with Gasteiger partial charge in [-0.3, -0.25) is 14.5 Å². The number of hydrogen-bond donors (Lipinski definition) is 2. The molecule has 2 saturated heterocycles. The molecule has 2 aliphatic heterocycles. The molecule has 12 heteroatoms. The van der Waals surface area contributed by atoms with E-state index in [1.807, 2.05) is 16.7 Å². The number of carbonyl (C=O) groups excluding carboxylic acids is 2. The van der Waals surface area contributed by atoms with Crippen LogP contribution in [0.5, 0.6) is 0 Å². The SMILES string of the molecule is CCCC(=O)N1CCOC2(COCCN(CC(=O)NC)C2)C1.O=C(O)C(F)(F)F. The first kappa shape index (κ1) is 25.1. The molecule has 29 heavy (non-hydrogen) atoms. The fourth-order valence-corrected chi connectivity index (χ4v) is 3.01. The molecule has 9 nitrogen and oxygen atoms in total. The van der Waals surface area contributed by atoms with Crippen molar-refractivity contribution in [1.29, 1.82) is 0 Å². The summed E-state index contributed by atoms with van der Waals surface area (Å²) >= 11 is 0. The number of halogens is 3. The van der Waals surface area contributed by atoms with Crippen molar-refractivity contribution in [2.45, 2.75) is 31.5 Å². The molecule has 2 rings (SSSR count). The van der Waals surface area contributed by atoms with E-state index in [0.717, 1.165) is 6.42 Å². The lowest BCUT2D eigenvalue weighted by Gasteiger charge is -2.43. The lowest BCUT2D eigenvalue weighted by molar-refractivity contribution is -0.192. The minimum Gasteiger partial charge on any atom is -0.475 e. The first-order valence-corrected chi connectivity index (χ1v) is 9.25. The van der Waals surface area contributed by atoms with Gasteiger partial charge in [-0.25, -0.2) is 4.79 Å². The molecule has 0 saturated carbocycles. The Balaban J connectivity index is 0.000000516. The highest BCUT2D eigenvalue weighted by Gasteiger charge is 2.41. The van der Waals surface area contributed by atoms with E-state index in [1.54, 1.807) is 7.05 Å². The maximum Gasteiger partial charge on any atom is 0.490 e. The third-order valence-corrected chi connectivity index (χ3v) is 4.38. The molecule has 0 radical (unpaired) electrons. The number of carboxylic acid groups (broad SMARTS) is 1. The van der Waals surface area contributed by atoms with Crippen molar-refractivity contribution in [1.82, 2.24) is 15.1 Å². The van der Waals surface area contributed by atoms with E-state index >= 15 is 0 Å². The number of nitrogens with zero attached hydrogens (tertiary/aromatic N) is 2. The second-order valence-electron chi connectivity index (χ2n) is 6.84. The number of morpholine rings is 1. The Hall–Kier alpha value is -1.92. The first-order valence-electron chi connectivity index (χ1n) is 9.25. The van der Waals surface area contributed by atoms with Crippen LogP contribution in [0.1, 0.15) is 19.8 Å². The molecule has 0 aromatic carbocycles. The predicted octanol–water partition coefficient (Wildman–Crippen LogP) is 0.0956. The first-order chi connectivity index (χ1) is 13.5. The van der Waals surface area contributed by atoms with E-state index in [0.29, 0.717) is 59.0 Å². The van der Waals surface area contributed by atoms with Gasteiger partial charge in [0, 0.05) is 33.1 Å². The highest BCUT2D eigenvalue weighted by atomic mass is 19.4. The van der Waals surface area contributed by atoms with Crippen LogP contribution in [0.3, 0.4) is 0 Å². The molecule has 1 spiro atoms. The quantitative estimate of drug-likeness (QED) is 0.655. The maximum atomic E-state index is 12.2. The van der Waals surface area contributed by atoms with Crippen LogP contribution < -0.4 is 5.32 Å². The maximum absolute atomic E-state index is 12.2. The van der Waals surface area contributed by atoms with E-state index < -0.39 is 17.7 Å². The second-order valence-corrected chi connectivity index (χ2v) is 6.84. The van der Waals surface area contributed by atoms with Crippen molar-refractivity contribution in [2.24, 2.45) is 0 Å². The Morgan fingerprint density at radius 2 is 1.83 bits per heavy atom. The van der Waals surface area contributed by atoms with Crippen LogP contribution in [0.15, 0.2) is 0 Å². The summed E-state index contributed by atoms with van der Waals surface area (Å²) in [4.78, 5) is 36.6. The summed E-state index contributed by atoms with van der Waals surface area (Å²) in [5, 5.41) is 9.77. The van der Waals surface area contributed by atoms with Gasteiger partial charge in [0.1, 0.15) is 5.60 Å². The lowest BCUT2D eigenvalue weighted by atomic mass is 10.0. The molecular weight excluding hydrogens is 399 g/mol. The minimum atomic E-state index is -5.08. The van der Waals surface area contributed by atoms with Crippen molar-refractivity contribution in [3.63, 3.8) is 0 Å². The molecule has 1 atom stereocenters. The van der Waals surface area contributed by atoms with Gasteiger partial charge in [-0.1, -0.05) is 6.92 Å². The summed E-state index contributed by atoms with van der Waals surface area (Å²) in [6.07, 6.45) is -3.67. The van der Waals surface area contributed by atoms with Crippen LogP contribution in [-0.2, 0) is 23.9 Å². The summed E-state index contributed by atoms with van der Waals surface area (Å²) in [6.45, 7) is 6.37. The summed E-state index contributed by atoms with van der Waals surface area (Å²) in [6, 6.07) is 0. The fraction of sp³-hybridized carbons (Fsp3) is 0.824. The largest absolute Gasteiger partial charge is 0.490 e. The highest BCUT2D eigenvalue weighted by Crippen LogP contribution is 2.23. The fourth-order valence-electron chi connectivity index (χ4n) is 3.01. The third kappa shape index (κ3) is 8.54. The van der Waals surface area contributed by atoms with Crippen molar-refractivity contribution in [3.8, 4) is 0 Å². The number of carboxylic acids is 1. The molecular formula is C17H28F3N3O6. The molecule has 2 fully saturated rings. The molecule has 0 bridgehead atoms. The number of likely N-dealkylation sites (N-methyl/N-ethyl adjacent to an activating group) is 1. The lowest BCUT2D eigenvalue weighted by Crippen LogP contribution is -2.60. The average molecular weight is 427 g/mol. The van der Waals surface area contributed by atoms with E-state index in [-0.39, 0.29) is 11.8 Å². The zero-order chi connectivity index (χ0) is 22.1.